The van der Waals surface area contributed by atoms with Gasteiger partial charge in [0.15, 0.2) is 5.65 Å². The first-order chi connectivity index (χ1) is 17.1. The highest BCUT2D eigenvalue weighted by Gasteiger charge is 2.29. The third-order valence-electron chi connectivity index (χ3n) is 5.96. The molecule has 0 bridgehead atoms. The van der Waals surface area contributed by atoms with E-state index in [2.05, 4.69) is 44.7 Å². The van der Waals surface area contributed by atoms with Gasteiger partial charge in [-0.05, 0) is 38.0 Å². The van der Waals surface area contributed by atoms with Crippen LogP contribution in [-0.2, 0) is 6.54 Å². The SMILES string of the molecule is COc1ncc(CNC(=O)c2cc(-n3nncc3C3CC3)c3ncc(-c4ccc(C)s4)n3c2)cn1. The molecular formula is C24H22N8O2S. The largest absolute Gasteiger partial charge is 0.467 e. The van der Waals surface area contributed by atoms with E-state index in [0.717, 1.165) is 46.0 Å². The van der Waals surface area contributed by atoms with Crippen LogP contribution < -0.4 is 10.1 Å². The summed E-state index contributed by atoms with van der Waals surface area (Å²) in [7, 11) is 1.51. The highest BCUT2D eigenvalue weighted by Crippen LogP contribution is 2.40. The van der Waals surface area contributed by atoms with Gasteiger partial charge in [-0.2, -0.15) is 0 Å². The number of rotatable bonds is 7. The van der Waals surface area contributed by atoms with E-state index in [1.54, 1.807) is 29.9 Å². The molecule has 0 unspecified atom stereocenters. The maximum absolute atomic E-state index is 13.3. The minimum atomic E-state index is -0.223. The molecule has 1 aliphatic rings. The van der Waals surface area contributed by atoms with Crippen LogP contribution >= 0.6 is 11.3 Å². The molecule has 1 N–H and O–H groups in total. The van der Waals surface area contributed by atoms with Crippen molar-refractivity contribution in [1.82, 2.24) is 39.7 Å². The van der Waals surface area contributed by atoms with Crippen LogP contribution in [0.5, 0.6) is 6.01 Å². The average molecular weight is 487 g/mol. The molecule has 176 valence electrons. The predicted octanol–water partition coefficient (Wildman–Crippen LogP) is 3.56. The lowest BCUT2D eigenvalue weighted by atomic mass is 10.2. The van der Waals surface area contributed by atoms with E-state index in [1.807, 2.05) is 27.5 Å². The summed E-state index contributed by atoms with van der Waals surface area (Å²) >= 11 is 1.69. The summed E-state index contributed by atoms with van der Waals surface area (Å²) < 4.78 is 8.77. The van der Waals surface area contributed by atoms with Gasteiger partial charge in [-0.1, -0.05) is 5.21 Å². The summed E-state index contributed by atoms with van der Waals surface area (Å²) in [4.78, 5) is 28.4. The maximum Gasteiger partial charge on any atom is 0.316 e. The van der Waals surface area contributed by atoms with Gasteiger partial charge < -0.3 is 10.1 Å². The van der Waals surface area contributed by atoms with Crippen molar-refractivity contribution in [1.29, 1.82) is 0 Å². The number of pyridine rings is 1. The van der Waals surface area contributed by atoms with Crippen LogP contribution in [0.2, 0.25) is 0 Å². The van der Waals surface area contributed by atoms with E-state index in [-0.39, 0.29) is 18.5 Å². The molecule has 0 aliphatic heterocycles. The lowest BCUT2D eigenvalue weighted by molar-refractivity contribution is 0.0950. The molecule has 10 nitrogen and oxygen atoms in total. The molecule has 1 saturated carbocycles. The number of thiophene rings is 1. The second-order valence-electron chi connectivity index (χ2n) is 8.47. The van der Waals surface area contributed by atoms with Gasteiger partial charge in [0.2, 0.25) is 0 Å². The maximum atomic E-state index is 13.3. The van der Waals surface area contributed by atoms with Crippen LogP contribution in [0.15, 0.2) is 49.2 Å². The average Bonchev–Trinajstić information content (AvgIpc) is 3.25. The number of fused-ring (bicyclic) bond motifs is 1. The fraction of sp³-hybridized carbons (Fsp3) is 0.250. The number of hydrogen-bond acceptors (Lipinski definition) is 8. The Morgan fingerprint density at radius 2 is 2.00 bits per heavy atom. The number of methoxy groups -OCH3 is 1. The van der Waals surface area contributed by atoms with Crippen molar-refractivity contribution in [2.24, 2.45) is 0 Å². The van der Waals surface area contributed by atoms with Crippen LogP contribution in [-0.4, -0.2) is 47.4 Å². The minimum absolute atomic E-state index is 0.223. The van der Waals surface area contributed by atoms with Gasteiger partial charge in [0.25, 0.3) is 5.91 Å². The first-order valence-corrected chi connectivity index (χ1v) is 12.0. The molecule has 1 fully saturated rings. The fourth-order valence-electron chi connectivity index (χ4n) is 4.02. The van der Waals surface area contributed by atoms with Crippen molar-refractivity contribution in [3.63, 3.8) is 0 Å². The molecule has 5 heterocycles. The van der Waals surface area contributed by atoms with Gasteiger partial charge in [0.05, 0.1) is 41.3 Å². The summed E-state index contributed by atoms with van der Waals surface area (Å²) in [6.07, 6.45) is 11.0. The van der Waals surface area contributed by atoms with Crippen molar-refractivity contribution in [2.75, 3.05) is 7.11 Å². The number of carbonyl (C=O) groups excluding carboxylic acids is 1. The van der Waals surface area contributed by atoms with E-state index >= 15 is 0 Å². The molecule has 0 saturated heterocycles. The smallest absolute Gasteiger partial charge is 0.316 e. The van der Waals surface area contributed by atoms with E-state index in [0.29, 0.717) is 11.5 Å². The number of amides is 1. The number of carbonyl (C=O) groups is 1. The summed E-state index contributed by atoms with van der Waals surface area (Å²) in [5.74, 6) is 0.214. The Balaban J connectivity index is 1.41. The highest BCUT2D eigenvalue weighted by molar-refractivity contribution is 7.15. The molecule has 6 rings (SSSR count). The number of nitrogens with one attached hydrogen (secondary N) is 1. The molecule has 11 heteroatoms. The molecular weight excluding hydrogens is 464 g/mol. The monoisotopic (exact) mass is 486 g/mol. The summed E-state index contributed by atoms with van der Waals surface area (Å²) in [6, 6.07) is 6.26. The zero-order valence-corrected chi connectivity index (χ0v) is 20.0. The number of hydrogen-bond donors (Lipinski definition) is 1. The van der Waals surface area contributed by atoms with Gasteiger partial charge in [-0.3, -0.25) is 9.20 Å². The van der Waals surface area contributed by atoms with E-state index in [4.69, 9.17) is 9.72 Å². The van der Waals surface area contributed by atoms with Gasteiger partial charge in [0.1, 0.15) is 5.69 Å². The molecule has 0 spiro atoms. The summed E-state index contributed by atoms with van der Waals surface area (Å²) in [6.45, 7) is 2.36. The molecule has 1 amide bonds. The normalized spacial score (nSPS) is 13.3. The van der Waals surface area contributed by atoms with Crippen LogP contribution in [0, 0.1) is 6.92 Å². The lowest BCUT2D eigenvalue weighted by Gasteiger charge is -2.12. The number of nitrogens with zero attached hydrogens (tertiary/aromatic N) is 7. The van der Waals surface area contributed by atoms with Crippen LogP contribution in [0.3, 0.4) is 0 Å². The number of imidazole rings is 1. The molecule has 5 aromatic rings. The lowest BCUT2D eigenvalue weighted by Crippen LogP contribution is -2.24. The van der Waals surface area contributed by atoms with Crippen molar-refractivity contribution in [2.45, 2.75) is 32.2 Å². The zero-order chi connectivity index (χ0) is 23.9. The number of ether oxygens (including phenoxy) is 1. The van der Waals surface area contributed by atoms with Gasteiger partial charge in [-0.25, -0.2) is 19.6 Å². The van der Waals surface area contributed by atoms with E-state index < -0.39 is 0 Å². The third-order valence-corrected chi connectivity index (χ3v) is 6.98. The number of aryl methyl sites for hydroxylation is 1. The number of aromatic nitrogens is 7. The molecule has 0 radical (unpaired) electrons. The van der Waals surface area contributed by atoms with Gasteiger partial charge in [-0.15, -0.1) is 16.4 Å². The molecule has 1 aliphatic carbocycles. The summed E-state index contributed by atoms with van der Waals surface area (Å²) in [5, 5.41) is 11.5. The Hall–Kier alpha value is -4.12. The van der Waals surface area contributed by atoms with Crippen molar-refractivity contribution < 1.29 is 9.53 Å². The molecule has 35 heavy (non-hydrogen) atoms. The van der Waals surface area contributed by atoms with Crippen molar-refractivity contribution in [3.8, 4) is 22.3 Å². The Morgan fingerprint density at radius 1 is 1.17 bits per heavy atom. The Morgan fingerprint density at radius 3 is 2.71 bits per heavy atom. The standard InChI is InChI=1S/C24H22N8O2S/c1-14-3-6-21(35-14)20-11-25-22-18(32-19(12-29-30-32)16-4-5-16)7-17(13-31(20)22)23(33)26-8-15-9-27-24(34-2)28-10-15/h3,6-7,9-13,16H,4-5,8H2,1-2H3,(H,26,33). The molecule has 0 atom stereocenters. The quantitative estimate of drug-likeness (QED) is 0.374. The fourth-order valence-corrected chi connectivity index (χ4v) is 4.89. The zero-order valence-electron chi connectivity index (χ0n) is 19.2. The van der Waals surface area contributed by atoms with Crippen LogP contribution in [0.1, 0.15) is 45.3 Å². The first-order valence-electron chi connectivity index (χ1n) is 11.2. The minimum Gasteiger partial charge on any atom is -0.467 e. The topological polar surface area (TPSA) is 112 Å². The third kappa shape index (κ3) is 4.03. The molecule has 5 aromatic heterocycles. The van der Waals surface area contributed by atoms with Crippen molar-refractivity contribution >= 4 is 22.9 Å². The van der Waals surface area contributed by atoms with E-state index in [1.165, 1.54) is 12.0 Å². The highest BCUT2D eigenvalue weighted by atomic mass is 32.1. The van der Waals surface area contributed by atoms with Gasteiger partial charge in [0, 0.05) is 41.5 Å². The Kier molecular flexibility index (Phi) is 5.25. The second kappa shape index (κ2) is 8.58. The second-order valence-corrected chi connectivity index (χ2v) is 9.75. The first kappa shape index (κ1) is 21.4. The van der Waals surface area contributed by atoms with E-state index in [9.17, 15) is 4.79 Å². The summed E-state index contributed by atoms with van der Waals surface area (Å²) in [5.41, 5.74) is 4.67. The van der Waals surface area contributed by atoms with Crippen molar-refractivity contribution in [3.05, 3.63) is 70.9 Å². The van der Waals surface area contributed by atoms with Gasteiger partial charge >= 0.3 is 6.01 Å². The Bertz CT molecular complexity index is 1530. The predicted molar refractivity (Wildman–Crippen MR) is 130 cm³/mol. The van der Waals surface area contributed by atoms with Crippen LogP contribution in [0.25, 0.3) is 21.9 Å². The molecule has 0 aromatic carbocycles. The van der Waals surface area contributed by atoms with Crippen LogP contribution in [0.4, 0.5) is 0 Å². The Labute approximate surface area is 204 Å².